The molecule has 2 aliphatic rings. The van der Waals surface area contributed by atoms with Crippen molar-refractivity contribution in [2.75, 3.05) is 20.2 Å². The Kier molecular flexibility index (Phi) is 3.50. The number of rotatable bonds is 3. The van der Waals surface area contributed by atoms with Crippen LogP contribution in [0.15, 0.2) is 0 Å². The average molecular weight is 227 g/mol. The van der Waals surface area contributed by atoms with Gasteiger partial charge in [0, 0.05) is 20.2 Å². The van der Waals surface area contributed by atoms with Crippen molar-refractivity contribution in [2.24, 2.45) is 0 Å². The molecule has 0 aromatic heterocycles. The predicted octanol–water partition coefficient (Wildman–Crippen LogP) is 0.929. The second-order valence-corrected chi connectivity index (χ2v) is 5.05. The lowest BCUT2D eigenvalue weighted by atomic mass is 9.77. The zero-order valence-corrected chi connectivity index (χ0v) is 9.95. The second kappa shape index (κ2) is 4.72. The van der Waals surface area contributed by atoms with E-state index in [-0.39, 0.29) is 17.6 Å². The van der Waals surface area contributed by atoms with Crippen LogP contribution in [0.5, 0.6) is 0 Å². The van der Waals surface area contributed by atoms with Crippen LogP contribution in [0.3, 0.4) is 0 Å². The summed E-state index contributed by atoms with van der Waals surface area (Å²) in [6.07, 6.45) is 5.01. The number of carbonyl (C=O) groups is 1. The summed E-state index contributed by atoms with van der Waals surface area (Å²) in [4.78, 5) is 13.8. The smallest absolute Gasteiger partial charge is 0.225 e. The number of amides is 1. The quantitative estimate of drug-likeness (QED) is 0.780. The van der Waals surface area contributed by atoms with Gasteiger partial charge in [-0.25, -0.2) is 0 Å². The molecule has 1 amide bonds. The van der Waals surface area contributed by atoms with Crippen LogP contribution in [0.2, 0.25) is 0 Å². The first-order chi connectivity index (χ1) is 7.65. The lowest BCUT2D eigenvalue weighted by molar-refractivity contribution is -0.146. The number of aliphatic hydroxyl groups is 1. The summed E-state index contributed by atoms with van der Waals surface area (Å²) < 4.78 is 5.45. The fraction of sp³-hybridized carbons (Fsp3) is 0.917. The van der Waals surface area contributed by atoms with Gasteiger partial charge in [-0.2, -0.15) is 0 Å². The van der Waals surface area contributed by atoms with Crippen molar-refractivity contribution in [3.05, 3.63) is 0 Å². The fourth-order valence-corrected chi connectivity index (χ4v) is 2.59. The summed E-state index contributed by atoms with van der Waals surface area (Å²) in [5.41, 5.74) is -0.195. The van der Waals surface area contributed by atoms with Gasteiger partial charge < -0.3 is 14.7 Å². The van der Waals surface area contributed by atoms with E-state index < -0.39 is 0 Å². The van der Waals surface area contributed by atoms with E-state index in [0.717, 1.165) is 38.6 Å². The topological polar surface area (TPSA) is 49.8 Å². The Morgan fingerprint density at radius 3 is 2.75 bits per heavy atom. The second-order valence-electron chi connectivity index (χ2n) is 5.05. The number of likely N-dealkylation sites (tertiary alicyclic amines) is 1. The molecule has 92 valence electrons. The van der Waals surface area contributed by atoms with Gasteiger partial charge in [0.25, 0.3) is 0 Å². The molecule has 1 aliphatic heterocycles. The zero-order valence-electron chi connectivity index (χ0n) is 9.95. The van der Waals surface area contributed by atoms with E-state index in [1.165, 1.54) is 0 Å². The highest BCUT2D eigenvalue weighted by molar-refractivity contribution is 5.77. The number of aliphatic hydroxyl groups excluding tert-OH is 1. The summed E-state index contributed by atoms with van der Waals surface area (Å²) in [5.74, 6) is 0.139. The highest BCUT2D eigenvalue weighted by Gasteiger charge is 2.40. The third-order valence-corrected chi connectivity index (χ3v) is 3.92. The number of carbonyl (C=O) groups excluding carboxylic acids is 1. The summed E-state index contributed by atoms with van der Waals surface area (Å²) in [6.45, 7) is 1.29. The SMILES string of the molecule is COC1(CC(=O)N2CCC[C@H](O)C2)CCC1. The first-order valence-electron chi connectivity index (χ1n) is 6.16. The molecule has 0 aromatic rings. The highest BCUT2D eigenvalue weighted by Crippen LogP contribution is 2.38. The molecule has 1 N–H and O–H groups in total. The van der Waals surface area contributed by atoms with Crippen molar-refractivity contribution in [2.45, 2.75) is 50.2 Å². The molecule has 16 heavy (non-hydrogen) atoms. The van der Waals surface area contributed by atoms with Gasteiger partial charge in [-0.05, 0) is 32.1 Å². The molecule has 1 atom stereocenters. The van der Waals surface area contributed by atoms with E-state index in [1.807, 2.05) is 0 Å². The van der Waals surface area contributed by atoms with Crippen molar-refractivity contribution in [3.8, 4) is 0 Å². The number of nitrogens with zero attached hydrogens (tertiary/aromatic N) is 1. The molecule has 4 heteroatoms. The molecule has 1 saturated heterocycles. The maximum absolute atomic E-state index is 12.0. The van der Waals surface area contributed by atoms with Crippen LogP contribution >= 0.6 is 0 Å². The summed E-state index contributed by atoms with van der Waals surface area (Å²) in [5, 5.41) is 9.53. The monoisotopic (exact) mass is 227 g/mol. The molecule has 0 bridgehead atoms. The van der Waals surface area contributed by atoms with Crippen molar-refractivity contribution in [1.29, 1.82) is 0 Å². The van der Waals surface area contributed by atoms with E-state index in [9.17, 15) is 9.90 Å². The molecule has 2 rings (SSSR count). The third-order valence-electron chi connectivity index (χ3n) is 3.92. The van der Waals surface area contributed by atoms with Crippen LogP contribution in [0.25, 0.3) is 0 Å². The molecule has 0 radical (unpaired) electrons. The fourth-order valence-electron chi connectivity index (χ4n) is 2.59. The third kappa shape index (κ3) is 2.38. The number of hydrogen-bond acceptors (Lipinski definition) is 3. The summed E-state index contributed by atoms with van der Waals surface area (Å²) >= 11 is 0. The molecule has 2 fully saturated rings. The minimum absolute atomic E-state index is 0.139. The Morgan fingerprint density at radius 2 is 2.25 bits per heavy atom. The maximum atomic E-state index is 12.0. The van der Waals surface area contributed by atoms with Crippen molar-refractivity contribution in [1.82, 2.24) is 4.90 Å². The lowest BCUT2D eigenvalue weighted by Gasteiger charge is -2.41. The van der Waals surface area contributed by atoms with Gasteiger partial charge in [-0.15, -0.1) is 0 Å². The van der Waals surface area contributed by atoms with Crippen molar-refractivity contribution >= 4 is 5.91 Å². The molecular weight excluding hydrogens is 206 g/mol. The molecule has 1 heterocycles. The highest BCUT2D eigenvalue weighted by atomic mass is 16.5. The van der Waals surface area contributed by atoms with E-state index in [4.69, 9.17) is 4.74 Å². The first-order valence-corrected chi connectivity index (χ1v) is 6.16. The van der Waals surface area contributed by atoms with Gasteiger partial charge in [0.1, 0.15) is 0 Å². The van der Waals surface area contributed by atoms with Crippen LogP contribution in [-0.2, 0) is 9.53 Å². The van der Waals surface area contributed by atoms with Gasteiger partial charge in [-0.1, -0.05) is 0 Å². The molecule has 0 spiro atoms. The largest absolute Gasteiger partial charge is 0.391 e. The molecule has 1 saturated carbocycles. The van der Waals surface area contributed by atoms with Gasteiger partial charge in [-0.3, -0.25) is 4.79 Å². The van der Waals surface area contributed by atoms with Crippen molar-refractivity contribution < 1.29 is 14.6 Å². The average Bonchev–Trinajstić information content (AvgIpc) is 2.23. The first kappa shape index (κ1) is 11.9. The van der Waals surface area contributed by atoms with Crippen LogP contribution in [0.1, 0.15) is 38.5 Å². The molecule has 0 aromatic carbocycles. The van der Waals surface area contributed by atoms with Crippen LogP contribution in [0.4, 0.5) is 0 Å². The van der Waals surface area contributed by atoms with E-state index in [1.54, 1.807) is 12.0 Å². The van der Waals surface area contributed by atoms with Crippen LogP contribution < -0.4 is 0 Å². The zero-order chi connectivity index (χ0) is 11.6. The van der Waals surface area contributed by atoms with Gasteiger partial charge in [0.2, 0.25) is 5.91 Å². The van der Waals surface area contributed by atoms with E-state index in [0.29, 0.717) is 13.0 Å². The summed E-state index contributed by atoms with van der Waals surface area (Å²) in [7, 11) is 1.69. The minimum Gasteiger partial charge on any atom is -0.391 e. The number of β-amino-alcohol motifs (C(OH)–C–C–N with tert-alkyl or cyclic N) is 1. The van der Waals surface area contributed by atoms with E-state index >= 15 is 0 Å². The number of ether oxygens (including phenoxy) is 1. The van der Waals surface area contributed by atoms with E-state index in [2.05, 4.69) is 0 Å². The van der Waals surface area contributed by atoms with Gasteiger partial charge in [0.15, 0.2) is 0 Å². The predicted molar refractivity (Wildman–Crippen MR) is 60.0 cm³/mol. The Morgan fingerprint density at radius 1 is 1.50 bits per heavy atom. The molecule has 0 unspecified atom stereocenters. The number of piperidine rings is 1. The standard InChI is InChI=1S/C12H21NO3/c1-16-12(5-3-6-12)8-11(15)13-7-2-4-10(14)9-13/h10,14H,2-9H2,1H3/t10-/m0/s1. The normalized spacial score (nSPS) is 28.6. The van der Waals surface area contributed by atoms with Gasteiger partial charge >= 0.3 is 0 Å². The number of hydrogen-bond donors (Lipinski definition) is 1. The minimum atomic E-state index is -0.336. The molecule has 1 aliphatic carbocycles. The molecular formula is C12H21NO3. The Balaban J connectivity index is 1.87. The maximum Gasteiger partial charge on any atom is 0.225 e. The Labute approximate surface area is 96.6 Å². The number of methoxy groups -OCH3 is 1. The Hall–Kier alpha value is -0.610. The van der Waals surface area contributed by atoms with Gasteiger partial charge in [0.05, 0.1) is 18.1 Å². The van der Waals surface area contributed by atoms with Crippen LogP contribution in [-0.4, -0.2) is 47.8 Å². The van der Waals surface area contributed by atoms with Crippen LogP contribution in [0, 0.1) is 0 Å². The molecule has 4 nitrogen and oxygen atoms in total. The summed E-state index contributed by atoms with van der Waals surface area (Å²) in [6, 6.07) is 0. The Bertz CT molecular complexity index is 257. The van der Waals surface area contributed by atoms with Crippen molar-refractivity contribution in [3.63, 3.8) is 0 Å². The lowest BCUT2D eigenvalue weighted by Crippen LogP contribution is -2.48.